The van der Waals surface area contributed by atoms with Crippen molar-refractivity contribution in [2.45, 2.75) is 6.42 Å². The van der Waals surface area contributed by atoms with Gasteiger partial charge in [-0.15, -0.1) is 0 Å². The van der Waals surface area contributed by atoms with Gasteiger partial charge in [0.15, 0.2) is 0 Å². The van der Waals surface area contributed by atoms with Crippen molar-refractivity contribution in [3.63, 3.8) is 0 Å². The number of nitrogens with zero attached hydrogens (tertiary/aromatic N) is 3. The molecule has 1 heterocycles. The number of nitrogens with one attached hydrogen (secondary N) is 1. The van der Waals surface area contributed by atoms with E-state index in [9.17, 15) is 0 Å². The molecular formula is C13H13BrN4. The van der Waals surface area contributed by atoms with Gasteiger partial charge in [0.2, 0.25) is 0 Å². The Morgan fingerprint density at radius 2 is 2.33 bits per heavy atom. The monoisotopic (exact) mass is 304 g/mol. The number of halogens is 1. The summed E-state index contributed by atoms with van der Waals surface area (Å²) in [5, 5.41) is 16.5. The Kier molecular flexibility index (Phi) is 4.00. The Labute approximate surface area is 114 Å². The Balaban J connectivity index is 1.99. The van der Waals surface area contributed by atoms with E-state index in [1.807, 2.05) is 37.6 Å². The number of hydrogen-bond acceptors (Lipinski definition) is 3. The molecule has 0 saturated carbocycles. The van der Waals surface area contributed by atoms with E-state index in [1.54, 1.807) is 4.68 Å². The molecule has 1 N–H and O–H groups in total. The number of rotatable bonds is 4. The van der Waals surface area contributed by atoms with E-state index in [0.29, 0.717) is 5.56 Å². The van der Waals surface area contributed by atoms with Gasteiger partial charge < -0.3 is 5.32 Å². The zero-order chi connectivity index (χ0) is 13.0. The summed E-state index contributed by atoms with van der Waals surface area (Å²) in [5.41, 5.74) is 2.68. The minimum absolute atomic E-state index is 0.642. The van der Waals surface area contributed by atoms with Crippen LogP contribution in [0.5, 0.6) is 0 Å². The van der Waals surface area contributed by atoms with Gasteiger partial charge in [0.05, 0.1) is 17.4 Å². The van der Waals surface area contributed by atoms with Crippen LogP contribution in [0.4, 0.5) is 5.69 Å². The molecule has 0 aliphatic carbocycles. The fourth-order valence-electron chi connectivity index (χ4n) is 1.73. The topological polar surface area (TPSA) is 53.6 Å². The maximum absolute atomic E-state index is 9.09. The van der Waals surface area contributed by atoms with Crippen molar-refractivity contribution in [1.82, 2.24) is 9.78 Å². The predicted molar refractivity (Wildman–Crippen MR) is 74.3 cm³/mol. The van der Waals surface area contributed by atoms with E-state index in [0.717, 1.165) is 23.1 Å². The third-order valence-electron chi connectivity index (χ3n) is 2.61. The van der Waals surface area contributed by atoms with Gasteiger partial charge in [0.25, 0.3) is 0 Å². The summed E-state index contributed by atoms with van der Waals surface area (Å²) >= 11 is 3.37. The molecule has 0 aliphatic heterocycles. The molecule has 5 heteroatoms. The number of hydrogen-bond donors (Lipinski definition) is 1. The summed E-state index contributed by atoms with van der Waals surface area (Å²) in [6.45, 7) is 0.775. The summed E-state index contributed by atoms with van der Waals surface area (Å²) in [4.78, 5) is 0. The average molecular weight is 305 g/mol. The second-order valence-electron chi connectivity index (χ2n) is 3.97. The van der Waals surface area contributed by atoms with Crippen LogP contribution in [-0.4, -0.2) is 16.3 Å². The molecule has 0 aliphatic rings. The Hall–Kier alpha value is -1.80. The maximum Gasteiger partial charge on any atom is 0.103 e. The third-order valence-corrected chi connectivity index (χ3v) is 3.27. The van der Waals surface area contributed by atoms with Crippen molar-refractivity contribution >= 4 is 21.6 Å². The standard InChI is InChI=1S/C13H13BrN4/c1-18-9-10(8-17-18)5-6-16-13-4-2-3-12(14)11(13)7-15/h2-4,8-9,16H,5-6H2,1H3. The Morgan fingerprint density at radius 3 is 3.00 bits per heavy atom. The van der Waals surface area contributed by atoms with Crippen LogP contribution in [0.3, 0.4) is 0 Å². The highest BCUT2D eigenvalue weighted by atomic mass is 79.9. The van der Waals surface area contributed by atoms with Crippen molar-refractivity contribution in [3.05, 3.63) is 46.2 Å². The molecule has 92 valence electrons. The van der Waals surface area contributed by atoms with Gasteiger partial charge in [-0.05, 0) is 40.0 Å². The van der Waals surface area contributed by atoms with Crippen LogP contribution in [0.25, 0.3) is 0 Å². The molecule has 1 aromatic carbocycles. The molecule has 0 unspecified atom stereocenters. The molecule has 4 nitrogen and oxygen atoms in total. The van der Waals surface area contributed by atoms with E-state index in [-0.39, 0.29) is 0 Å². The normalized spacial score (nSPS) is 10.1. The van der Waals surface area contributed by atoms with Crippen molar-refractivity contribution in [1.29, 1.82) is 5.26 Å². The minimum atomic E-state index is 0.642. The first kappa shape index (κ1) is 12.7. The molecule has 0 radical (unpaired) electrons. The third kappa shape index (κ3) is 2.90. The lowest BCUT2D eigenvalue weighted by atomic mass is 10.2. The van der Waals surface area contributed by atoms with Crippen LogP contribution in [0.2, 0.25) is 0 Å². The van der Waals surface area contributed by atoms with Crippen LogP contribution in [0.15, 0.2) is 35.1 Å². The zero-order valence-electron chi connectivity index (χ0n) is 10.0. The van der Waals surface area contributed by atoms with E-state index in [2.05, 4.69) is 32.4 Å². The smallest absolute Gasteiger partial charge is 0.103 e. The summed E-state index contributed by atoms with van der Waals surface area (Å²) in [6, 6.07) is 7.88. The Bertz CT molecular complexity index is 583. The largest absolute Gasteiger partial charge is 0.384 e. The molecule has 0 amide bonds. The second kappa shape index (κ2) is 5.69. The van der Waals surface area contributed by atoms with E-state index in [4.69, 9.17) is 5.26 Å². The molecule has 0 spiro atoms. The zero-order valence-corrected chi connectivity index (χ0v) is 11.6. The lowest BCUT2D eigenvalue weighted by molar-refractivity contribution is 0.767. The van der Waals surface area contributed by atoms with Crippen molar-refractivity contribution in [2.75, 3.05) is 11.9 Å². The molecular weight excluding hydrogens is 292 g/mol. The molecule has 0 saturated heterocycles. The molecule has 1 aromatic heterocycles. The molecule has 18 heavy (non-hydrogen) atoms. The first-order chi connectivity index (χ1) is 8.70. The van der Waals surface area contributed by atoms with Gasteiger partial charge in [-0.1, -0.05) is 6.07 Å². The first-order valence-electron chi connectivity index (χ1n) is 5.60. The van der Waals surface area contributed by atoms with Gasteiger partial charge in [0.1, 0.15) is 6.07 Å². The minimum Gasteiger partial charge on any atom is -0.384 e. The maximum atomic E-state index is 9.09. The molecule has 0 fully saturated rings. The van der Waals surface area contributed by atoms with Crippen LogP contribution < -0.4 is 5.32 Å². The lowest BCUT2D eigenvalue weighted by Crippen LogP contribution is -2.06. The quantitative estimate of drug-likeness (QED) is 0.945. The Morgan fingerprint density at radius 1 is 1.50 bits per heavy atom. The highest BCUT2D eigenvalue weighted by molar-refractivity contribution is 9.10. The fourth-order valence-corrected chi connectivity index (χ4v) is 2.18. The summed E-state index contributed by atoms with van der Waals surface area (Å²) < 4.78 is 2.60. The molecule has 0 bridgehead atoms. The summed E-state index contributed by atoms with van der Waals surface area (Å²) in [7, 11) is 1.90. The van der Waals surface area contributed by atoms with Gasteiger partial charge >= 0.3 is 0 Å². The number of aromatic nitrogens is 2. The molecule has 2 rings (SSSR count). The van der Waals surface area contributed by atoms with E-state index < -0.39 is 0 Å². The number of benzene rings is 1. The van der Waals surface area contributed by atoms with Gasteiger partial charge in [-0.2, -0.15) is 10.4 Å². The fraction of sp³-hybridized carbons (Fsp3) is 0.231. The van der Waals surface area contributed by atoms with Crippen LogP contribution in [0.1, 0.15) is 11.1 Å². The van der Waals surface area contributed by atoms with Crippen LogP contribution in [0, 0.1) is 11.3 Å². The van der Waals surface area contributed by atoms with E-state index in [1.165, 1.54) is 5.56 Å². The van der Waals surface area contributed by atoms with Crippen LogP contribution >= 0.6 is 15.9 Å². The van der Waals surface area contributed by atoms with Gasteiger partial charge in [0, 0.05) is 24.3 Å². The van der Waals surface area contributed by atoms with Crippen molar-refractivity contribution in [3.8, 4) is 6.07 Å². The highest BCUT2D eigenvalue weighted by Crippen LogP contribution is 2.23. The van der Waals surface area contributed by atoms with Crippen LogP contribution in [-0.2, 0) is 13.5 Å². The van der Waals surface area contributed by atoms with Crippen molar-refractivity contribution < 1.29 is 0 Å². The average Bonchev–Trinajstić information content (AvgIpc) is 2.75. The number of anilines is 1. The number of aryl methyl sites for hydroxylation is 1. The molecule has 2 aromatic rings. The SMILES string of the molecule is Cn1cc(CCNc2cccc(Br)c2C#N)cn1. The first-order valence-corrected chi connectivity index (χ1v) is 6.40. The predicted octanol–water partition coefficient (Wildman–Crippen LogP) is 2.71. The van der Waals surface area contributed by atoms with Gasteiger partial charge in [-0.25, -0.2) is 0 Å². The lowest BCUT2D eigenvalue weighted by Gasteiger charge is -2.08. The summed E-state index contributed by atoms with van der Waals surface area (Å²) in [5.74, 6) is 0. The summed E-state index contributed by atoms with van der Waals surface area (Å²) in [6.07, 6.45) is 4.73. The van der Waals surface area contributed by atoms with Gasteiger partial charge in [-0.3, -0.25) is 4.68 Å². The second-order valence-corrected chi connectivity index (χ2v) is 4.83. The molecule has 0 atom stereocenters. The highest BCUT2D eigenvalue weighted by Gasteiger charge is 2.05. The van der Waals surface area contributed by atoms with E-state index >= 15 is 0 Å². The van der Waals surface area contributed by atoms with Crippen molar-refractivity contribution in [2.24, 2.45) is 7.05 Å². The number of nitriles is 1.